The van der Waals surface area contributed by atoms with Gasteiger partial charge in [0.15, 0.2) is 0 Å². The topological polar surface area (TPSA) is 29.1 Å². The third kappa shape index (κ3) is 5.99. The zero-order valence-corrected chi connectivity index (χ0v) is 15.3. The zero-order valence-electron chi connectivity index (χ0n) is 12.9. The normalized spacial score (nSPS) is 12.0. The van der Waals surface area contributed by atoms with E-state index in [-0.39, 0.29) is 16.8 Å². The van der Waals surface area contributed by atoms with Crippen LogP contribution in [0.15, 0.2) is 53.0 Å². The first-order valence-electron chi connectivity index (χ1n) is 7.47. The summed E-state index contributed by atoms with van der Waals surface area (Å²) in [6.45, 7) is 1.85. The van der Waals surface area contributed by atoms with Crippen LogP contribution in [0, 0.1) is 5.82 Å². The number of carbonyl (C=O) groups excluding carboxylic acids is 1. The summed E-state index contributed by atoms with van der Waals surface area (Å²) in [6, 6.07) is 14.9. The summed E-state index contributed by atoms with van der Waals surface area (Å²) in [5, 5.41) is 2.43. The largest absolute Gasteiger partial charge is 0.323 e. The molecule has 2 aromatic carbocycles. The predicted octanol–water partition coefficient (Wildman–Crippen LogP) is 5.28. The number of benzene rings is 2. The van der Waals surface area contributed by atoms with E-state index < -0.39 is 5.82 Å². The van der Waals surface area contributed by atoms with Gasteiger partial charge in [0.05, 0.1) is 10.9 Å². The van der Waals surface area contributed by atoms with Gasteiger partial charge in [-0.2, -0.15) is 0 Å². The summed E-state index contributed by atoms with van der Waals surface area (Å²) in [4.78, 5) is 12.1. The van der Waals surface area contributed by atoms with Crippen LogP contribution in [0.1, 0.15) is 18.9 Å². The third-order valence-corrected chi connectivity index (χ3v) is 5.11. The Morgan fingerprint density at radius 2 is 2.00 bits per heavy atom. The van der Waals surface area contributed by atoms with Gasteiger partial charge < -0.3 is 5.32 Å². The minimum absolute atomic E-state index is 0.170. The van der Waals surface area contributed by atoms with Crippen LogP contribution in [0.5, 0.6) is 0 Å². The number of carbonyl (C=O) groups is 1. The van der Waals surface area contributed by atoms with Gasteiger partial charge in [-0.05, 0) is 49.3 Å². The maximum absolute atomic E-state index is 13.7. The van der Waals surface area contributed by atoms with Crippen LogP contribution in [0.3, 0.4) is 0 Å². The molecule has 1 N–H and O–H groups in total. The summed E-state index contributed by atoms with van der Waals surface area (Å²) in [6.07, 6.45) is 2.02. The number of hydrogen-bond donors (Lipinski definition) is 1. The van der Waals surface area contributed by atoms with Gasteiger partial charge in [0.25, 0.3) is 0 Å². The Morgan fingerprint density at radius 3 is 2.70 bits per heavy atom. The van der Waals surface area contributed by atoms with E-state index in [0.29, 0.717) is 4.47 Å². The van der Waals surface area contributed by atoms with Gasteiger partial charge in [-0.25, -0.2) is 4.39 Å². The van der Waals surface area contributed by atoms with Crippen molar-refractivity contribution in [2.24, 2.45) is 0 Å². The molecule has 0 bridgehead atoms. The van der Waals surface area contributed by atoms with Crippen LogP contribution in [-0.2, 0) is 11.2 Å². The average molecular weight is 396 g/mol. The fourth-order valence-electron chi connectivity index (χ4n) is 2.08. The van der Waals surface area contributed by atoms with Crippen LogP contribution >= 0.6 is 27.7 Å². The first-order chi connectivity index (χ1) is 11.1. The van der Waals surface area contributed by atoms with Gasteiger partial charge in [0.1, 0.15) is 5.82 Å². The highest BCUT2D eigenvalue weighted by Crippen LogP contribution is 2.21. The Labute approximate surface area is 149 Å². The van der Waals surface area contributed by atoms with E-state index in [0.717, 1.165) is 18.6 Å². The van der Waals surface area contributed by atoms with Crippen LogP contribution in [0.25, 0.3) is 0 Å². The molecule has 0 fully saturated rings. The second kappa shape index (κ2) is 9.08. The van der Waals surface area contributed by atoms with E-state index in [2.05, 4.69) is 33.4 Å². The summed E-state index contributed by atoms with van der Waals surface area (Å²) in [5.41, 5.74) is 1.53. The fourth-order valence-corrected chi connectivity index (χ4v) is 3.29. The summed E-state index contributed by atoms with van der Waals surface area (Å²) in [5.74, 6) is 0.289. The first-order valence-corrected chi connectivity index (χ1v) is 9.32. The molecule has 0 heterocycles. The summed E-state index contributed by atoms with van der Waals surface area (Å²) < 4.78 is 14.4. The second-order valence-corrected chi connectivity index (χ2v) is 7.58. The smallest absolute Gasteiger partial charge is 0.237 e. The zero-order chi connectivity index (χ0) is 16.7. The molecular weight excluding hydrogens is 377 g/mol. The molecule has 2 aromatic rings. The summed E-state index contributed by atoms with van der Waals surface area (Å²) in [7, 11) is 0. The maximum atomic E-state index is 13.7. The lowest BCUT2D eigenvalue weighted by molar-refractivity contribution is -0.115. The third-order valence-electron chi connectivity index (χ3n) is 3.38. The lowest BCUT2D eigenvalue weighted by atomic mass is 10.1. The molecule has 1 amide bonds. The van der Waals surface area contributed by atoms with Crippen molar-refractivity contribution in [2.75, 3.05) is 11.1 Å². The van der Waals surface area contributed by atoms with Gasteiger partial charge >= 0.3 is 0 Å². The second-order valence-electron chi connectivity index (χ2n) is 5.22. The highest BCUT2D eigenvalue weighted by atomic mass is 79.9. The number of anilines is 1. The molecule has 0 aliphatic rings. The molecule has 2 nitrogen and oxygen atoms in total. The average Bonchev–Trinajstić information content (AvgIpc) is 2.55. The Balaban J connectivity index is 1.74. The minimum atomic E-state index is -0.436. The van der Waals surface area contributed by atoms with E-state index in [1.165, 1.54) is 11.6 Å². The lowest BCUT2D eigenvalue weighted by Gasteiger charge is -2.12. The standard InChI is InChI=1S/C18H19BrFNOS/c1-13(23-11-5-8-14-6-3-2-4-7-14)18(22)21-17-10-9-15(19)12-16(17)20/h2-4,6-7,9-10,12-13H,5,8,11H2,1H3,(H,21,22). The molecule has 0 aliphatic carbocycles. The minimum Gasteiger partial charge on any atom is -0.323 e. The monoisotopic (exact) mass is 395 g/mol. The summed E-state index contributed by atoms with van der Waals surface area (Å²) >= 11 is 4.78. The van der Waals surface area contributed by atoms with Crippen LogP contribution in [0.2, 0.25) is 0 Å². The van der Waals surface area contributed by atoms with E-state index in [4.69, 9.17) is 0 Å². The van der Waals surface area contributed by atoms with E-state index in [1.807, 2.05) is 25.1 Å². The van der Waals surface area contributed by atoms with Crippen molar-refractivity contribution in [2.45, 2.75) is 25.0 Å². The van der Waals surface area contributed by atoms with E-state index >= 15 is 0 Å². The molecular formula is C18H19BrFNOS. The van der Waals surface area contributed by atoms with Gasteiger partial charge in [0, 0.05) is 4.47 Å². The van der Waals surface area contributed by atoms with E-state index in [9.17, 15) is 9.18 Å². The molecule has 0 aliphatic heterocycles. The molecule has 0 saturated carbocycles. The van der Waals surface area contributed by atoms with Crippen molar-refractivity contribution in [3.8, 4) is 0 Å². The lowest BCUT2D eigenvalue weighted by Crippen LogP contribution is -2.23. The Kier molecular flexibility index (Phi) is 7.12. The number of amides is 1. The van der Waals surface area contributed by atoms with Gasteiger partial charge in [0.2, 0.25) is 5.91 Å². The Bertz CT molecular complexity index is 651. The van der Waals surface area contributed by atoms with Gasteiger partial charge in [-0.3, -0.25) is 4.79 Å². The number of rotatable bonds is 7. The SMILES string of the molecule is CC(SCCCc1ccccc1)C(=O)Nc1ccc(Br)cc1F. The van der Waals surface area contributed by atoms with Crippen LogP contribution in [0.4, 0.5) is 10.1 Å². The molecule has 122 valence electrons. The van der Waals surface area contributed by atoms with Crippen LogP contribution in [-0.4, -0.2) is 16.9 Å². The number of nitrogens with one attached hydrogen (secondary N) is 1. The number of halogens is 2. The van der Waals surface area contributed by atoms with Crippen molar-refractivity contribution in [3.63, 3.8) is 0 Å². The van der Waals surface area contributed by atoms with Crippen molar-refractivity contribution in [3.05, 3.63) is 64.4 Å². The number of aryl methyl sites for hydroxylation is 1. The molecule has 1 unspecified atom stereocenters. The maximum Gasteiger partial charge on any atom is 0.237 e. The quantitative estimate of drug-likeness (QED) is 0.645. The van der Waals surface area contributed by atoms with Crippen molar-refractivity contribution in [1.29, 1.82) is 0 Å². The first kappa shape index (κ1) is 18.0. The Hall–Kier alpha value is -1.33. The molecule has 0 radical (unpaired) electrons. The molecule has 0 spiro atoms. The van der Waals surface area contributed by atoms with Gasteiger partial charge in [-0.1, -0.05) is 46.3 Å². The predicted molar refractivity (Wildman–Crippen MR) is 99.4 cm³/mol. The fraction of sp³-hybridized carbons (Fsp3) is 0.278. The highest BCUT2D eigenvalue weighted by molar-refractivity contribution is 9.10. The molecule has 0 aromatic heterocycles. The molecule has 1 atom stereocenters. The molecule has 23 heavy (non-hydrogen) atoms. The highest BCUT2D eigenvalue weighted by Gasteiger charge is 2.15. The molecule has 5 heteroatoms. The molecule has 0 saturated heterocycles. The van der Waals surface area contributed by atoms with Crippen molar-refractivity contribution in [1.82, 2.24) is 0 Å². The molecule has 2 rings (SSSR count). The van der Waals surface area contributed by atoms with Crippen molar-refractivity contribution >= 4 is 39.3 Å². The van der Waals surface area contributed by atoms with Crippen molar-refractivity contribution < 1.29 is 9.18 Å². The van der Waals surface area contributed by atoms with E-state index in [1.54, 1.807) is 23.9 Å². The number of thioether (sulfide) groups is 1. The Morgan fingerprint density at radius 1 is 1.26 bits per heavy atom. The van der Waals surface area contributed by atoms with Crippen LogP contribution < -0.4 is 5.32 Å². The van der Waals surface area contributed by atoms with Gasteiger partial charge in [-0.15, -0.1) is 11.8 Å². The number of hydrogen-bond acceptors (Lipinski definition) is 2.